The van der Waals surface area contributed by atoms with Crippen LogP contribution in [0.3, 0.4) is 0 Å². The van der Waals surface area contributed by atoms with Gasteiger partial charge in [-0.25, -0.2) is 8.42 Å². The molecule has 1 aromatic heterocycles. The van der Waals surface area contributed by atoms with E-state index >= 15 is 0 Å². The minimum atomic E-state index is -3.55. The second kappa shape index (κ2) is 6.71. The second-order valence-corrected chi connectivity index (χ2v) is 7.96. The fourth-order valence-electron chi connectivity index (χ4n) is 2.54. The van der Waals surface area contributed by atoms with Crippen molar-refractivity contribution in [2.75, 3.05) is 0 Å². The van der Waals surface area contributed by atoms with Crippen molar-refractivity contribution in [3.8, 4) is 0 Å². The largest absolute Gasteiger partial charge is 0.310 e. The number of nitrogens with zero attached hydrogens (tertiary/aromatic N) is 1. The van der Waals surface area contributed by atoms with E-state index in [0.29, 0.717) is 12.6 Å². The van der Waals surface area contributed by atoms with Crippen molar-refractivity contribution in [2.24, 2.45) is 0 Å². The maximum Gasteiger partial charge on any atom is 0.208 e. The standard InChI is InChI=1S/C19H20N2O2S/c1-14(2)20-12-16-8-6-7-15-11-18(13-21-19(15)16)24(22,23)17-9-4-3-5-10-17/h3-11,13-14,20H,12H2,1-2H3. The van der Waals surface area contributed by atoms with Gasteiger partial charge < -0.3 is 5.32 Å². The highest BCUT2D eigenvalue weighted by Gasteiger charge is 2.18. The van der Waals surface area contributed by atoms with Crippen molar-refractivity contribution < 1.29 is 8.42 Å². The Morgan fingerprint density at radius 2 is 1.75 bits per heavy atom. The molecule has 0 atom stereocenters. The van der Waals surface area contributed by atoms with Crippen molar-refractivity contribution in [3.63, 3.8) is 0 Å². The van der Waals surface area contributed by atoms with E-state index < -0.39 is 9.84 Å². The van der Waals surface area contributed by atoms with Crippen LogP contribution in [0, 0.1) is 0 Å². The molecule has 0 amide bonds. The number of sulfone groups is 1. The van der Waals surface area contributed by atoms with Gasteiger partial charge in [0.05, 0.1) is 15.3 Å². The van der Waals surface area contributed by atoms with E-state index in [1.165, 1.54) is 6.20 Å². The highest BCUT2D eigenvalue weighted by molar-refractivity contribution is 7.91. The summed E-state index contributed by atoms with van der Waals surface area (Å²) >= 11 is 0. The summed E-state index contributed by atoms with van der Waals surface area (Å²) in [4.78, 5) is 4.93. The molecule has 0 spiro atoms. The number of aromatic nitrogens is 1. The maximum absolute atomic E-state index is 12.7. The summed E-state index contributed by atoms with van der Waals surface area (Å²) in [5.41, 5.74) is 1.89. The fraction of sp³-hybridized carbons (Fsp3) is 0.211. The lowest BCUT2D eigenvalue weighted by Gasteiger charge is -2.11. The molecule has 0 aliphatic carbocycles. The first kappa shape index (κ1) is 16.6. The molecule has 0 saturated heterocycles. The third-order valence-electron chi connectivity index (χ3n) is 3.83. The zero-order valence-corrected chi connectivity index (χ0v) is 14.5. The quantitative estimate of drug-likeness (QED) is 0.771. The van der Waals surface area contributed by atoms with E-state index in [0.717, 1.165) is 16.5 Å². The molecule has 1 N–H and O–H groups in total. The summed E-state index contributed by atoms with van der Waals surface area (Å²) in [6.07, 6.45) is 1.45. The molecule has 4 nitrogen and oxygen atoms in total. The number of hydrogen-bond donors (Lipinski definition) is 1. The van der Waals surface area contributed by atoms with Gasteiger partial charge in [0, 0.05) is 24.2 Å². The zero-order chi connectivity index (χ0) is 17.2. The predicted octanol–water partition coefficient (Wildman–Crippen LogP) is 3.57. The van der Waals surface area contributed by atoms with Crippen LogP contribution in [-0.2, 0) is 16.4 Å². The van der Waals surface area contributed by atoms with Gasteiger partial charge in [0.2, 0.25) is 9.84 Å². The Labute approximate surface area is 142 Å². The molecular weight excluding hydrogens is 320 g/mol. The molecule has 0 aliphatic heterocycles. The molecule has 0 saturated carbocycles. The number of para-hydroxylation sites is 1. The lowest BCUT2D eigenvalue weighted by molar-refractivity contribution is 0.590. The van der Waals surface area contributed by atoms with Crippen molar-refractivity contribution in [3.05, 3.63) is 66.4 Å². The predicted molar refractivity (Wildman–Crippen MR) is 95.6 cm³/mol. The Hall–Kier alpha value is -2.24. The average Bonchev–Trinajstić information content (AvgIpc) is 2.60. The van der Waals surface area contributed by atoms with Gasteiger partial charge in [0.1, 0.15) is 0 Å². The Balaban J connectivity index is 2.04. The molecule has 24 heavy (non-hydrogen) atoms. The number of benzene rings is 2. The van der Waals surface area contributed by atoms with Crippen LogP contribution in [0.15, 0.2) is 70.6 Å². The summed E-state index contributed by atoms with van der Waals surface area (Å²) in [6.45, 7) is 4.87. The Kier molecular flexibility index (Phi) is 4.64. The highest BCUT2D eigenvalue weighted by atomic mass is 32.2. The van der Waals surface area contributed by atoms with Crippen LogP contribution in [0.2, 0.25) is 0 Å². The highest BCUT2D eigenvalue weighted by Crippen LogP contribution is 2.24. The van der Waals surface area contributed by atoms with Gasteiger partial charge in [0.25, 0.3) is 0 Å². The topological polar surface area (TPSA) is 59.1 Å². The first-order valence-corrected chi connectivity index (χ1v) is 9.38. The smallest absolute Gasteiger partial charge is 0.208 e. The number of fused-ring (bicyclic) bond motifs is 1. The molecule has 3 rings (SSSR count). The van der Waals surface area contributed by atoms with Gasteiger partial charge in [-0.2, -0.15) is 0 Å². The average molecular weight is 340 g/mol. The van der Waals surface area contributed by atoms with Crippen LogP contribution >= 0.6 is 0 Å². The van der Waals surface area contributed by atoms with Crippen LogP contribution < -0.4 is 5.32 Å². The van der Waals surface area contributed by atoms with Crippen molar-refractivity contribution >= 4 is 20.7 Å². The minimum absolute atomic E-state index is 0.218. The molecule has 0 fully saturated rings. The summed E-state index contributed by atoms with van der Waals surface area (Å²) in [6, 6.07) is 16.3. The number of nitrogens with one attached hydrogen (secondary N) is 1. The minimum Gasteiger partial charge on any atom is -0.310 e. The van der Waals surface area contributed by atoms with Gasteiger partial charge in [-0.05, 0) is 23.8 Å². The van der Waals surface area contributed by atoms with E-state index in [2.05, 4.69) is 24.1 Å². The van der Waals surface area contributed by atoms with E-state index in [1.807, 2.05) is 18.2 Å². The molecule has 0 unspecified atom stereocenters. The molecule has 124 valence electrons. The molecule has 0 bridgehead atoms. The van der Waals surface area contributed by atoms with Crippen molar-refractivity contribution in [1.29, 1.82) is 0 Å². The lowest BCUT2D eigenvalue weighted by atomic mass is 10.1. The fourth-order valence-corrected chi connectivity index (χ4v) is 3.80. The van der Waals surface area contributed by atoms with Gasteiger partial charge in [0.15, 0.2) is 0 Å². The van der Waals surface area contributed by atoms with Gasteiger partial charge in [-0.3, -0.25) is 4.98 Å². The molecule has 3 aromatic rings. The van der Waals surface area contributed by atoms with E-state index in [1.54, 1.807) is 36.4 Å². The first-order valence-electron chi connectivity index (χ1n) is 7.89. The third kappa shape index (κ3) is 3.32. The van der Waals surface area contributed by atoms with Gasteiger partial charge in [-0.1, -0.05) is 50.2 Å². The third-order valence-corrected chi connectivity index (χ3v) is 5.57. The Bertz CT molecular complexity index is 952. The van der Waals surface area contributed by atoms with Gasteiger partial charge >= 0.3 is 0 Å². The number of hydrogen-bond acceptors (Lipinski definition) is 4. The zero-order valence-electron chi connectivity index (χ0n) is 13.7. The summed E-state index contributed by atoms with van der Waals surface area (Å²) in [5, 5.41) is 4.20. The molecule has 5 heteroatoms. The van der Waals surface area contributed by atoms with Crippen LogP contribution in [0.1, 0.15) is 19.4 Å². The SMILES string of the molecule is CC(C)NCc1cccc2cc(S(=O)(=O)c3ccccc3)cnc12. The van der Waals surface area contributed by atoms with E-state index in [-0.39, 0.29) is 9.79 Å². The monoisotopic (exact) mass is 340 g/mol. The van der Waals surface area contributed by atoms with Crippen molar-refractivity contribution in [2.45, 2.75) is 36.2 Å². The summed E-state index contributed by atoms with van der Waals surface area (Å²) in [5.74, 6) is 0. The van der Waals surface area contributed by atoms with E-state index in [9.17, 15) is 8.42 Å². The normalized spacial score (nSPS) is 12.0. The van der Waals surface area contributed by atoms with Crippen LogP contribution in [-0.4, -0.2) is 19.4 Å². The van der Waals surface area contributed by atoms with E-state index in [4.69, 9.17) is 0 Å². The second-order valence-electron chi connectivity index (χ2n) is 6.01. The lowest BCUT2D eigenvalue weighted by Crippen LogP contribution is -2.22. The number of pyridine rings is 1. The molecule has 0 radical (unpaired) electrons. The Morgan fingerprint density at radius 1 is 1.00 bits per heavy atom. The molecule has 2 aromatic carbocycles. The summed E-state index contributed by atoms with van der Waals surface area (Å²) < 4.78 is 25.5. The maximum atomic E-state index is 12.7. The molecular formula is C19H20N2O2S. The van der Waals surface area contributed by atoms with Crippen molar-refractivity contribution in [1.82, 2.24) is 10.3 Å². The van der Waals surface area contributed by atoms with Crippen LogP contribution in [0.25, 0.3) is 10.9 Å². The Morgan fingerprint density at radius 3 is 2.46 bits per heavy atom. The molecule has 1 heterocycles. The van der Waals surface area contributed by atoms with Gasteiger partial charge in [-0.15, -0.1) is 0 Å². The molecule has 0 aliphatic rings. The number of rotatable bonds is 5. The van der Waals surface area contributed by atoms with Crippen LogP contribution in [0.4, 0.5) is 0 Å². The first-order chi connectivity index (χ1) is 11.5. The van der Waals surface area contributed by atoms with Crippen LogP contribution in [0.5, 0.6) is 0 Å². The summed E-state index contributed by atoms with van der Waals surface area (Å²) in [7, 11) is -3.55.